The van der Waals surface area contributed by atoms with Crippen molar-refractivity contribution in [3.8, 4) is 11.5 Å². The number of hydrogen-bond donors (Lipinski definition) is 1. The highest BCUT2D eigenvalue weighted by molar-refractivity contribution is 7.99. The second-order valence-electron chi connectivity index (χ2n) is 5.93. The molecule has 0 bridgehead atoms. The molecule has 27 heavy (non-hydrogen) atoms. The molecule has 1 N–H and O–H groups in total. The molecule has 0 aliphatic heterocycles. The molecule has 0 spiro atoms. The van der Waals surface area contributed by atoms with Crippen LogP contribution in [-0.2, 0) is 17.1 Å². The molecule has 2 aromatic rings. The number of benzene rings is 2. The first kappa shape index (κ1) is 20.8. The molecule has 0 unspecified atom stereocenters. The average Bonchev–Trinajstić information content (AvgIpc) is 2.67. The Morgan fingerprint density at radius 2 is 1.96 bits per heavy atom. The first-order chi connectivity index (χ1) is 13.0. The molecule has 0 aliphatic rings. The van der Waals surface area contributed by atoms with Crippen molar-refractivity contribution < 1.29 is 19.1 Å². The van der Waals surface area contributed by atoms with E-state index in [-0.39, 0.29) is 11.7 Å². The van der Waals surface area contributed by atoms with Gasteiger partial charge in [-0.25, -0.2) is 0 Å². The number of rotatable bonds is 10. The van der Waals surface area contributed by atoms with Crippen LogP contribution < -0.4 is 14.8 Å². The predicted molar refractivity (Wildman–Crippen MR) is 109 cm³/mol. The maximum atomic E-state index is 12.1. The van der Waals surface area contributed by atoms with Crippen molar-refractivity contribution >= 4 is 23.5 Å². The van der Waals surface area contributed by atoms with Gasteiger partial charge in [0.2, 0.25) is 5.91 Å². The minimum absolute atomic E-state index is 0.0142. The second kappa shape index (κ2) is 10.6. The topological polar surface area (TPSA) is 64.6 Å². The van der Waals surface area contributed by atoms with Crippen molar-refractivity contribution in [3.63, 3.8) is 0 Å². The summed E-state index contributed by atoms with van der Waals surface area (Å²) in [5.74, 6) is 2.43. The van der Waals surface area contributed by atoms with Crippen molar-refractivity contribution in [2.45, 2.75) is 26.1 Å². The van der Waals surface area contributed by atoms with Gasteiger partial charge < -0.3 is 14.8 Å². The van der Waals surface area contributed by atoms with Crippen molar-refractivity contribution in [1.29, 1.82) is 0 Å². The summed E-state index contributed by atoms with van der Waals surface area (Å²) >= 11 is 1.49. The molecule has 2 rings (SSSR count). The summed E-state index contributed by atoms with van der Waals surface area (Å²) in [5, 5.41) is 2.91. The Morgan fingerprint density at radius 3 is 2.67 bits per heavy atom. The lowest BCUT2D eigenvalue weighted by atomic mass is 10.1. The largest absolute Gasteiger partial charge is 0.497 e. The zero-order valence-corrected chi connectivity index (χ0v) is 16.7. The fourth-order valence-corrected chi connectivity index (χ4v) is 3.33. The van der Waals surface area contributed by atoms with Crippen LogP contribution in [0.25, 0.3) is 0 Å². The minimum atomic E-state index is -0.0384. The van der Waals surface area contributed by atoms with Crippen molar-refractivity contribution in [2.75, 3.05) is 19.5 Å². The third-order valence-corrected chi connectivity index (χ3v) is 4.86. The summed E-state index contributed by atoms with van der Waals surface area (Å²) < 4.78 is 10.8. The van der Waals surface area contributed by atoms with E-state index in [4.69, 9.17) is 9.47 Å². The van der Waals surface area contributed by atoms with Crippen LogP contribution >= 0.6 is 11.8 Å². The number of ketones is 1. The van der Waals surface area contributed by atoms with Gasteiger partial charge in [-0.15, -0.1) is 11.8 Å². The summed E-state index contributed by atoms with van der Waals surface area (Å²) in [6, 6.07) is 13.0. The molecule has 0 saturated carbocycles. The first-order valence-electron chi connectivity index (χ1n) is 8.77. The number of methoxy groups -OCH3 is 1. The van der Waals surface area contributed by atoms with E-state index in [9.17, 15) is 9.59 Å². The van der Waals surface area contributed by atoms with E-state index < -0.39 is 0 Å². The summed E-state index contributed by atoms with van der Waals surface area (Å²) in [4.78, 5) is 23.7. The smallest absolute Gasteiger partial charge is 0.230 e. The zero-order chi connectivity index (χ0) is 19.6. The van der Waals surface area contributed by atoms with E-state index in [0.717, 1.165) is 22.6 Å². The number of carbonyl (C=O) groups is 2. The molecule has 2 aromatic carbocycles. The molecular formula is C21H25NO4S. The Balaban J connectivity index is 1.86. The van der Waals surface area contributed by atoms with Gasteiger partial charge in [0.1, 0.15) is 11.5 Å². The standard InChI is InChI=1S/C21H25NO4S/c1-4-26-20-9-8-17(15(2)23)11-18(20)13-27-14-21(24)22-12-16-6-5-7-19(10-16)25-3/h5-11H,4,12-14H2,1-3H3,(H,22,24). The van der Waals surface area contributed by atoms with E-state index in [0.29, 0.717) is 30.2 Å². The van der Waals surface area contributed by atoms with Crippen LogP contribution in [0.4, 0.5) is 0 Å². The minimum Gasteiger partial charge on any atom is -0.497 e. The number of nitrogens with one attached hydrogen (secondary N) is 1. The van der Waals surface area contributed by atoms with Crippen LogP contribution in [0.5, 0.6) is 11.5 Å². The lowest BCUT2D eigenvalue weighted by Crippen LogP contribution is -2.24. The number of amides is 1. The molecule has 0 fully saturated rings. The summed E-state index contributed by atoms with van der Waals surface area (Å²) in [6.07, 6.45) is 0. The highest BCUT2D eigenvalue weighted by Crippen LogP contribution is 2.25. The van der Waals surface area contributed by atoms with E-state index >= 15 is 0 Å². The molecule has 0 aliphatic carbocycles. The van der Waals surface area contributed by atoms with Gasteiger partial charge >= 0.3 is 0 Å². The average molecular weight is 388 g/mol. The maximum Gasteiger partial charge on any atom is 0.230 e. The van der Waals surface area contributed by atoms with Gasteiger partial charge in [-0.05, 0) is 49.7 Å². The fraction of sp³-hybridized carbons (Fsp3) is 0.333. The normalized spacial score (nSPS) is 10.3. The van der Waals surface area contributed by atoms with Crippen LogP contribution in [0.3, 0.4) is 0 Å². The van der Waals surface area contributed by atoms with Gasteiger partial charge in [0.15, 0.2) is 5.78 Å². The molecule has 5 nitrogen and oxygen atoms in total. The van der Waals surface area contributed by atoms with E-state index in [1.807, 2.05) is 43.3 Å². The number of ether oxygens (including phenoxy) is 2. The second-order valence-corrected chi connectivity index (χ2v) is 6.92. The van der Waals surface area contributed by atoms with Crippen LogP contribution in [-0.4, -0.2) is 31.2 Å². The van der Waals surface area contributed by atoms with Crippen molar-refractivity contribution in [3.05, 3.63) is 59.2 Å². The fourth-order valence-electron chi connectivity index (χ4n) is 2.50. The Labute approximate surface area is 164 Å². The lowest BCUT2D eigenvalue weighted by molar-refractivity contribution is -0.118. The summed E-state index contributed by atoms with van der Waals surface area (Å²) in [5.41, 5.74) is 2.56. The van der Waals surface area contributed by atoms with Gasteiger partial charge in [0, 0.05) is 23.4 Å². The van der Waals surface area contributed by atoms with Gasteiger partial charge in [-0.1, -0.05) is 12.1 Å². The molecule has 0 atom stereocenters. The van der Waals surface area contributed by atoms with Crippen molar-refractivity contribution in [1.82, 2.24) is 5.32 Å². The molecule has 0 heterocycles. The maximum absolute atomic E-state index is 12.1. The van der Waals surface area contributed by atoms with E-state index in [1.54, 1.807) is 20.1 Å². The lowest BCUT2D eigenvalue weighted by Gasteiger charge is -2.11. The molecule has 0 aromatic heterocycles. The quantitative estimate of drug-likeness (QED) is 0.628. The molecule has 6 heteroatoms. The molecular weight excluding hydrogens is 362 g/mol. The van der Waals surface area contributed by atoms with Crippen molar-refractivity contribution in [2.24, 2.45) is 0 Å². The molecule has 0 radical (unpaired) electrons. The third kappa shape index (κ3) is 6.64. The summed E-state index contributed by atoms with van der Waals surface area (Å²) in [7, 11) is 1.62. The highest BCUT2D eigenvalue weighted by Gasteiger charge is 2.09. The number of carbonyl (C=O) groups excluding carboxylic acids is 2. The monoisotopic (exact) mass is 387 g/mol. The van der Waals surface area contributed by atoms with Gasteiger partial charge in [-0.3, -0.25) is 9.59 Å². The van der Waals surface area contributed by atoms with E-state index in [1.165, 1.54) is 11.8 Å². The van der Waals surface area contributed by atoms with Crippen LogP contribution in [0.1, 0.15) is 35.3 Å². The Bertz CT molecular complexity index is 792. The SMILES string of the molecule is CCOc1ccc(C(C)=O)cc1CSCC(=O)NCc1cccc(OC)c1. The van der Waals surface area contributed by atoms with Crippen LogP contribution in [0.15, 0.2) is 42.5 Å². The Hall–Kier alpha value is -2.47. The third-order valence-electron chi connectivity index (χ3n) is 3.88. The zero-order valence-electron chi connectivity index (χ0n) is 15.9. The van der Waals surface area contributed by atoms with Crippen LogP contribution in [0, 0.1) is 0 Å². The van der Waals surface area contributed by atoms with Gasteiger partial charge in [0.25, 0.3) is 0 Å². The number of hydrogen-bond acceptors (Lipinski definition) is 5. The summed E-state index contributed by atoms with van der Waals surface area (Å²) in [6.45, 7) is 4.47. The Kier molecular flexibility index (Phi) is 8.20. The predicted octanol–water partition coefficient (Wildman–Crippen LogP) is 3.85. The highest BCUT2D eigenvalue weighted by atomic mass is 32.2. The number of Topliss-reactive ketones (excluding diaryl/α,β-unsaturated/α-hetero) is 1. The van der Waals surface area contributed by atoms with Gasteiger partial charge in [-0.2, -0.15) is 0 Å². The molecule has 0 saturated heterocycles. The molecule has 144 valence electrons. The first-order valence-corrected chi connectivity index (χ1v) is 9.93. The van der Waals surface area contributed by atoms with Gasteiger partial charge in [0.05, 0.1) is 19.5 Å². The Morgan fingerprint density at radius 1 is 1.15 bits per heavy atom. The molecule has 1 amide bonds. The number of thioether (sulfide) groups is 1. The van der Waals surface area contributed by atoms with E-state index in [2.05, 4.69) is 5.32 Å². The van der Waals surface area contributed by atoms with Crippen LogP contribution in [0.2, 0.25) is 0 Å².